The second-order valence-electron chi connectivity index (χ2n) is 4.99. The molecule has 2 heteroatoms. The summed E-state index contributed by atoms with van der Waals surface area (Å²) in [6.45, 7) is 4.34. The van der Waals surface area contributed by atoms with Crippen LogP contribution in [0.25, 0.3) is 0 Å². The van der Waals surface area contributed by atoms with Crippen LogP contribution in [0.5, 0.6) is 0 Å². The van der Waals surface area contributed by atoms with Gasteiger partial charge in [0.2, 0.25) is 0 Å². The highest BCUT2D eigenvalue weighted by Gasteiger charge is 2.26. The maximum Gasteiger partial charge on any atom is 0.105 e. The maximum absolute atomic E-state index is 6.32. The Morgan fingerprint density at radius 3 is 2.87 bits per heavy atom. The van der Waals surface area contributed by atoms with E-state index in [1.54, 1.807) is 6.26 Å². The monoisotopic (exact) mass is 207 g/mol. The van der Waals surface area contributed by atoms with Crippen molar-refractivity contribution in [1.29, 1.82) is 0 Å². The van der Waals surface area contributed by atoms with E-state index in [9.17, 15) is 0 Å². The van der Waals surface area contributed by atoms with Gasteiger partial charge in [-0.05, 0) is 37.7 Å². The van der Waals surface area contributed by atoms with Crippen molar-refractivity contribution in [2.45, 2.75) is 45.6 Å². The first-order valence-electron chi connectivity index (χ1n) is 5.98. The lowest BCUT2D eigenvalue weighted by Crippen LogP contribution is -2.26. The third-order valence-corrected chi connectivity index (χ3v) is 3.74. The number of furan rings is 1. The molecule has 15 heavy (non-hydrogen) atoms. The number of nitrogens with two attached hydrogens (primary N) is 1. The van der Waals surface area contributed by atoms with Gasteiger partial charge in [-0.1, -0.05) is 19.8 Å². The standard InChI is InChI=1S/C13H21NO/c1-9-4-3-5-11(8-9)13(14)12-6-7-15-10(12)2/h6-7,9,11,13H,3-5,8,14H2,1-2H3. The molecule has 3 atom stereocenters. The lowest BCUT2D eigenvalue weighted by Gasteiger charge is -2.31. The van der Waals surface area contributed by atoms with Crippen molar-refractivity contribution in [2.75, 3.05) is 0 Å². The molecule has 2 nitrogen and oxygen atoms in total. The molecule has 0 aliphatic heterocycles. The Hall–Kier alpha value is -0.760. The van der Waals surface area contributed by atoms with Crippen LogP contribution in [0.1, 0.15) is 50.0 Å². The molecule has 1 saturated carbocycles. The SMILES string of the molecule is Cc1occc1C(N)C1CCCC(C)C1. The average Bonchev–Trinajstić information content (AvgIpc) is 2.63. The molecule has 0 radical (unpaired) electrons. The topological polar surface area (TPSA) is 39.2 Å². The molecule has 3 unspecified atom stereocenters. The Morgan fingerprint density at radius 1 is 1.47 bits per heavy atom. The van der Waals surface area contributed by atoms with Crippen molar-refractivity contribution in [3.8, 4) is 0 Å². The van der Waals surface area contributed by atoms with Crippen LogP contribution in [0.2, 0.25) is 0 Å². The number of aryl methyl sites for hydroxylation is 1. The van der Waals surface area contributed by atoms with Gasteiger partial charge in [-0.25, -0.2) is 0 Å². The maximum atomic E-state index is 6.32. The lowest BCUT2D eigenvalue weighted by molar-refractivity contribution is 0.247. The zero-order chi connectivity index (χ0) is 10.8. The first-order valence-corrected chi connectivity index (χ1v) is 5.98. The van der Waals surface area contributed by atoms with Gasteiger partial charge < -0.3 is 10.2 Å². The summed E-state index contributed by atoms with van der Waals surface area (Å²) < 4.78 is 5.32. The average molecular weight is 207 g/mol. The molecule has 0 amide bonds. The van der Waals surface area contributed by atoms with E-state index in [2.05, 4.69) is 6.92 Å². The summed E-state index contributed by atoms with van der Waals surface area (Å²) in [6, 6.07) is 2.20. The molecule has 0 saturated heterocycles. The summed E-state index contributed by atoms with van der Waals surface area (Å²) in [5, 5.41) is 0. The van der Waals surface area contributed by atoms with Crippen molar-refractivity contribution in [2.24, 2.45) is 17.6 Å². The molecule has 2 rings (SSSR count). The summed E-state index contributed by atoms with van der Waals surface area (Å²) in [6.07, 6.45) is 6.99. The van der Waals surface area contributed by atoms with Crippen molar-refractivity contribution in [3.63, 3.8) is 0 Å². The van der Waals surface area contributed by atoms with Crippen molar-refractivity contribution < 1.29 is 4.42 Å². The van der Waals surface area contributed by atoms with Crippen LogP contribution < -0.4 is 5.73 Å². The van der Waals surface area contributed by atoms with Gasteiger partial charge in [0.05, 0.1) is 6.26 Å². The van der Waals surface area contributed by atoms with Crippen LogP contribution in [0.3, 0.4) is 0 Å². The third-order valence-electron chi connectivity index (χ3n) is 3.74. The predicted molar refractivity (Wildman–Crippen MR) is 61.5 cm³/mol. The van der Waals surface area contributed by atoms with Crippen LogP contribution in [-0.4, -0.2) is 0 Å². The molecule has 0 aromatic carbocycles. The van der Waals surface area contributed by atoms with Gasteiger partial charge in [-0.15, -0.1) is 0 Å². The van der Waals surface area contributed by atoms with E-state index >= 15 is 0 Å². The van der Waals surface area contributed by atoms with Gasteiger partial charge in [0.1, 0.15) is 5.76 Å². The normalized spacial score (nSPS) is 29.0. The first-order chi connectivity index (χ1) is 7.18. The number of hydrogen-bond donors (Lipinski definition) is 1. The summed E-state index contributed by atoms with van der Waals surface area (Å²) in [5.41, 5.74) is 7.52. The minimum atomic E-state index is 0.173. The highest BCUT2D eigenvalue weighted by atomic mass is 16.3. The molecule has 1 aliphatic carbocycles. The van der Waals surface area contributed by atoms with Crippen LogP contribution in [-0.2, 0) is 0 Å². The van der Waals surface area contributed by atoms with E-state index in [4.69, 9.17) is 10.2 Å². The van der Waals surface area contributed by atoms with Gasteiger partial charge >= 0.3 is 0 Å². The fourth-order valence-corrected chi connectivity index (χ4v) is 2.80. The molecule has 1 fully saturated rings. The zero-order valence-electron chi connectivity index (χ0n) is 9.70. The van der Waals surface area contributed by atoms with Crippen LogP contribution in [0.4, 0.5) is 0 Å². The zero-order valence-corrected chi connectivity index (χ0v) is 9.70. The Kier molecular flexibility index (Phi) is 3.15. The van der Waals surface area contributed by atoms with Gasteiger partial charge in [-0.2, -0.15) is 0 Å². The second-order valence-corrected chi connectivity index (χ2v) is 4.99. The van der Waals surface area contributed by atoms with Crippen molar-refractivity contribution in [1.82, 2.24) is 0 Å². The smallest absolute Gasteiger partial charge is 0.105 e. The Bertz CT molecular complexity index is 318. The van der Waals surface area contributed by atoms with E-state index in [0.717, 1.165) is 11.7 Å². The molecule has 84 valence electrons. The molecular formula is C13H21NO. The molecule has 0 spiro atoms. The Morgan fingerprint density at radius 2 is 2.27 bits per heavy atom. The van der Waals surface area contributed by atoms with Crippen LogP contribution >= 0.6 is 0 Å². The third kappa shape index (κ3) is 2.25. The fraction of sp³-hybridized carbons (Fsp3) is 0.692. The molecule has 0 bridgehead atoms. The van der Waals surface area contributed by atoms with E-state index in [0.29, 0.717) is 5.92 Å². The second kappa shape index (κ2) is 4.40. The van der Waals surface area contributed by atoms with Gasteiger partial charge in [-0.3, -0.25) is 0 Å². The Labute approximate surface area is 91.8 Å². The van der Waals surface area contributed by atoms with Crippen molar-refractivity contribution in [3.05, 3.63) is 23.7 Å². The molecule has 1 aromatic heterocycles. The van der Waals surface area contributed by atoms with E-state index in [-0.39, 0.29) is 6.04 Å². The van der Waals surface area contributed by atoms with E-state index in [1.807, 2.05) is 13.0 Å². The largest absolute Gasteiger partial charge is 0.469 e. The molecule has 1 aliphatic rings. The summed E-state index contributed by atoms with van der Waals surface area (Å²) in [5.74, 6) is 2.47. The van der Waals surface area contributed by atoms with Crippen LogP contribution in [0, 0.1) is 18.8 Å². The highest BCUT2D eigenvalue weighted by molar-refractivity contribution is 5.20. The van der Waals surface area contributed by atoms with Gasteiger partial charge in [0, 0.05) is 11.6 Å². The number of rotatable bonds is 2. The summed E-state index contributed by atoms with van der Waals surface area (Å²) in [4.78, 5) is 0. The van der Waals surface area contributed by atoms with Crippen LogP contribution in [0.15, 0.2) is 16.7 Å². The molecule has 1 aromatic rings. The Balaban J connectivity index is 2.07. The highest BCUT2D eigenvalue weighted by Crippen LogP contribution is 2.36. The van der Waals surface area contributed by atoms with E-state index < -0.39 is 0 Å². The molecule has 2 N–H and O–H groups in total. The quantitative estimate of drug-likeness (QED) is 0.807. The van der Waals surface area contributed by atoms with E-state index in [1.165, 1.54) is 31.2 Å². The predicted octanol–water partition coefficient (Wildman–Crippen LogP) is 3.41. The summed E-state index contributed by atoms with van der Waals surface area (Å²) >= 11 is 0. The minimum Gasteiger partial charge on any atom is -0.469 e. The molecular weight excluding hydrogens is 186 g/mol. The minimum absolute atomic E-state index is 0.173. The summed E-state index contributed by atoms with van der Waals surface area (Å²) in [7, 11) is 0. The first kappa shape index (κ1) is 10.7. The fourth-order valence-electron chi connectivity index (χ4n) is 2.80. The van der Waals surface area contributed by atoms with Gasteiger partial charge in [0.25, 0.3) is 0 Å². The molecule has 1 heterocycles. The lowest BCUT2D eigenvalue weighted by atomic mass is 9.77. The van der Waals surface area contributed by atoms with Gasteiger partial charge in [0.15, 0.2) is 0 Å². The van der Waals surface area contributed by atoms with Crippen molar-refractivity contribution >= 4 is 0 Å². The number of hydrogen-bond acceptors (Lipinski definition) is 2.